The van der Waals surface area contributed by atoms with E-state index in [1.807, 2.05) is 0 Å². The van der Waals surface area contributed by atoms with Crippen LogP contribution in [0.2, 0.25) is 0 Å². The minimum absolute atomic E-state index is 0. The van der Waals surface area contributed by atoms with Crippen molar-refractivity contribution in [1.82, 2.24) is 0 Å². The Morgan fingerprint density at radius 1 is 0.588 bits per heavy atom. The van der Waals surface area contributed by atoms with Crippen molar-refractivity contribution in [2.45, 2.75) is 117 Å². The van der Waals surface area contributed by atoms with Crippen LogP contribution in [-0.4, -0.2) is 11.0 Å². The van der Waals surface area contributed by atoms with Gasteiger partial charge in [0.05, 0.1) is 5.57 Å². The Hall–Kier alpha value is -1.22. The van der Waals surface area contributed by atoms with Gasteiger partial charge in [-0.1, -0.05) is 50.0 Å². The fourth-order valence-corrected chi connectivity index (χ4v) is 7.64. The number of allylic oxidation sites excluding steroid dienone is 1. The minimum atomic E-state index is 0. The summed E-state index contributed by atoms with van der Waals surface area (Å²) in [6.45, 7) is 8.65. The Balaban J connectivity index is 0.00000306. The molecule has 4 fully saturated rings. The summed E-state index contributed by atoms with van der Waals surface area (Å²) >= 11 is 0. The van der Waals surface area contributed by atoms with E-state index >= 15 is 0 Å². The Morgan fingerprint density at radius 3 is 1.41 bits per heavy atom. The molecule has 0 aromatic heterocycles. The summed E-state index contributed by atoms with van der Waals surface area (Å²) in [5, 5.41) is 0. The highest BCUT2D eigenvalue weighted by atomic mass is 16.0. The summed E-state index contributed by atoms with van der Waals surface area (Å²) in [4.78, 5) is 0. The minimum Gasteiger partial charge on any atom is -0.412 e. The molecule has 0 radical (unpaired) electrons. The lowest BCUT2D eigenvalue weighted by Crippen LogP contribution is -2.29. The standard InChI is InChI=1S/C32H48.2H2O.2H2/c1-4-5-27(15-12-26-10-6-24(2)7-11-26)29-16-18-31(19-17-29)32-22-20-30(21-23-32)28-13-8-25(3)9-14-28;;;;/h24-26,28-32H,1,6-11,13-14,16-23H2,2-3H3;2*1H2;2*1H. The Labute approximate surface area is 213 Å². The largest absolute Gasteiger partial charge is 0.412 e. The molecule has 196 valence electrons. The molecule has 2 heteroatoms. The second kappa shape index (κ2) is 14.4. The summed E-state index contributed by atoms with van der Waals surface area (Å²) in [6.07, 6.45) is 22.8. The average Bonchev–Trinajstić information content (AvgIpc) is 2.84. The molecule has 0 aromatic carbocycles. The Morgan fingerprint density at radius 2 is 0.971 bits per heavy atom. The summed E-state index contributed by atoms with van der Waals surface area (Å²) in [7, 11) is 0. The predicted octanol–water partition coefficient (Wildman–Crippen LogP) is 7.96. The van der Waals surface area contributed by atoms with E-state index in [9.17, 15) is 0 Å². The third-order valence-corrected chi connectivity index (χ3v) is 10.0. The number of hydrogen-bond donors (Lipinski definition) is 0. The first-order chi connectivity index (χ1) is 15.6. The van der Waals surface area contributed by atoms with Gasteiger partial charge in [0.15, 0.2) is 0 Å². The van der Waals surface area contributed by atoms with Gasteiger partial charge in [-0.2, -0.15) is 0 Å². The van der Waals surface area contributed by atoms with Crippen molar-refractivity contribution in [3.63, 3.8) is 0 Å². The van der Waals surface area contributed by atoms with Crippen LogP contribution in [0.15, 0.2) is 23.6 Å². The molecular weight excluding hydrogens is 416 g/mol. The van der Waals surface area contributed by atoms with E-state index in [0.29, 0.717) is 11.8 Å². The summed E-state index contributed by atoms with van der Waals surface area (Å²) in [6, 6.07) is 0. The smallest absolute Gasteiger partial charge is 0.0552 e. The van der Waals surface area contributed by atoms with Gasteiger partial charge in [-0.05, 0) is 138 Å². The van der Waals surface area contributed by atoms with E-state index in [2.05, 4.69) is 43.7 Å². The van der Waals surface area contributed by atoms with Crippen molar-refractivity contribution in [3.8, 4) is 11.8 Å². The molecule has 4 aliphatic carbocycles. The molecule has 4 aliphatic rings. The van der Waals surface area contributed by atoms with Crippen molar-refractivity contribution in [2.75, 3.05) is 0 Å². The molecule has 0 atom stereocenters. The molecule has 34 heavy (non-hydrogen) atoms. The van der Waals surface area contributed by atoms with Gasteiger partial charge in [0.25, 0.3) is 0 Å². The molecule has 0 unspecified atom stereocenters. The molecule has 2 nitrogen and oxygen atoms in total. The molecule has 0 heterocycles. The molecule has 0 amide bonds. The molecule has 0 aliphatic heterocycles. The van der Waals surface area contributed by atoms with Crippen LogP contribution in [-0.2, 0) is 0 Å². The maximum Gasteiger partial charge on any atom is 0.0552 e. The zero-order chi connectivity index (χ0) is 22.3. The second-order valence-electron chi connectivity index (χ2n) is 12.2. The molecule has 0 spiro atoms. The van der Waals surface area contributed by atoms with Crippen LogP contribution < -0.4 is 0 Å². The van der Waals surface area contributed by atoms with Crippen LogP contribution in [0.3, 0.4) is 0 Å². The lowest BCUT2D eigenvalue weighted by Gasteiger charge is -2.41. The summed E-state index contributed by atoms with van der Waals surface area (Å²) in [5.74, 6) is 14.4. The SMILES string of the molecule is C=C=C=C(C#CC1CCC(C)CC1)C1CCC(C2CCC(C3CCC(C)CC3)CC2)CC1.O.O.[HH].[HH]. The van der Waals surface area contributed by atoms with E-state index in [-0.39, 0.29) is 13.8 Å². The summed E-state index contributed by atoms with van der Waals surface area (Å²) < 4.78 is 0. The Bertz CT molecular complexity index is 739. The van der Waals surface area contributed by atoms with Gasteiger partial charge in [-0.25, -0.2) is 0 Å². The molecule has 4 N–H and O–H groups in total. The van der Waals surface area contributed by atoms with Crippen molar-refractivity contribution in [3.05, 3.63) is 23.6 Å². The van der Waals surface area contributed by atoms with E-state index in [1.165, 1.54) is 108 Å². The van der Waals surface area contributed by atoms with Gasteiger partial charge in [0.1, 0.15) is 0 Å². The fourth-order valence-electron chi connectivity index (χ4n) is 7.64. The topological polar surface area (TPSA) is 63.0 Å². The van der Waals surface area contributed by atoms with Crippen molar-refractivity contribution in [1.29, 1.82) is 0 Å². The molecule has 4 saturated carbocycles. The van der Waals surface area contributed by atoms with Crippen LogP contribution in [0.4, 0.5) is 0 Å². The van der Waals surface area contributed by atoms with Gasteiger partial charge >= 0.3 is 0 Å². The molecular formula is C32H56O2. The lowest BCUT2D eigenvalue weighted by molar-refractivity contribution is 0.110. The van der Waals surface area contributed by atoms with Crippen LogP contribution in [0.1, 0.15) is 119 Å². The third kappa shape index (κ3) is 7.90. The molecule has 0 aromatic rings. The zero-order valence-corrected chi connectivity index (χ0v) is 22.1. The van der Waals surface area contributed by atoms with Gasteiger partial charge in [0, 0.05) is 8.77 Å². The van der Waals surface area contributed by atoms with Crippen LogP contribution in [0.25, 0.3) is 0 Å². The van der Waals surface area contributed by atoms with Crippen LogP contribution in [0, 0.1) is 59.2 Å². The summed E-state index contributed by atoms with van der Waals surface area (Å²) in [5.41, 5.74) is 7.47. The van der Waals surface area contributed by atoms with E-state index in [4.69, 9.17) is 0 Å². The predicted molar refractivity (Wildman–Crippen MR) is 149 cm³/mol. The first-order valence-corrected chi connectivity index (χ1v) is 14.3. The van der Waals surface area contributed by atoms with Crippen molar-refractivity contribution in [2.24, 2.45) is 47.3 Å². The van der Waals surface area contributed by atoms with E-state index in [0.717, 1.165) is 35.5 Å². The first-order valence-electron chi connectivity index (χ1n) is 14.3. The monoisotopic (exact) mass is 472 g/mol. The number of rotatable bonds is 3. The van der Waals surface area contributed by atoms with E-state index < -0.39 is 0 Å². The zero-order valence-electron chi connectivity index (χ0n) is 22.1. The molecule has 0 saturated heterocycles. The highest BCUT2D eigenvalue weighted by molar-refractivity contribution is 5.31. The maximum atomic E-state index is 3.81. The highest BCUT2D eigenvalue weighted by Gasteiger charge is 2.34. The maximum absolute atomic E-state index is 3.81. The van der Waals surface area contributed by atoms with Gasteiger partial charge < -0.3 is 11.0 Å². The van der Waals surface area contributed by atoms with Gasteiger partial charge in [-0.3, -0.25) is 0 Å². The first kappa shape index (κ1) is 29.0. The van der Waals surface area contributed by atoms with Crippen LogP contribution in [0.5, 0.6) is 0 Å². The van der Waals surface area contributed by atoms with E-state index in [1.54, 1.807) is 0 Å². The highest BCUT2D eigenvalue weighted by Crippen LogP contribution is 2.46. The quantitative estimate of drug-likeness (QED) is 0.295. The fraction of sp³-hybridized carbons (Fsp3) is 0.812. The van der Waals surface area contributed by atoms with Gasteiger partial charge in [0.2, 0.25) is 0 Å². The van der Waals surface area contributed by atoms with Crippen LogP contribution >= 0.6 is 0 Å². The van der Waals surface area contributed by atoms with Crippen molar-refractivity contribution < 1.29 is 13.8 Å². The molecule has 4 rings (SSSR count). The van der Waals surface area contributed by atoms with Gasteiger partial charge in [-0.15, -0.1) is 0 Å². The average molecular weight is 473 g/mol. The Kier molecular flexibility index (Phi) is 12.3. The number of hydrogen-bond acceptors (Lipinski definition) is 0. The second-order valence-corrected chi connectivity index (χ2v) is 12.2. The normalized spacial score (nSPS) is 37.9. The van der Waals surface area contributed by atoms with Crippen molar-refractivity contribution >= 4 is 0 Å². The third-order valence-electron chi connectivity index (χ3n) is 10.0. The lowest BCUT2D eigenvalue weighted by atomic mass is 9.65. The molecule has 0 bridgehead atoms.